The minimum absolute atomic E-state index is 0.0470. The molecule has 0 spiro atoms. The van der Waals surface area contributed by atoms with Gasteiger partial charge in [0.25, 0.3) is 0 Å². The standard InChI is InChI=1S/C20H20N2O2S/c1-2-15-10-19(23)22-18-11-16(8-9-17(15)18)21-20(24)13-25-12-14-6-4-3-5-7-14/h3-11H,2,12-13H2,1H3,(H,21,24)(H,22,23). The Morgan fingerprint density at radius 3 is 2.68 bits per heavy atom. The van der Waals surface area contributed by atoms with Gasteiger partial charge in [0.15, 0.2) is 0 Å². The molecule has 0 radical (unpaired) electrons. The molecule has 5 heteroatoms. The fraction of sp³-hybridized carbons (Fsp3) is 0.200. The van der Waals surface area contributed by atoms with Crippen LogP contribution in [0.3, 0.4) is 0 Å². The van der Waals surface area contributed by atoms with E-state index in [-0.39, 0.29) is 11.5 Å². The number of fused-ring (bicyclic) bond motifs is 1. The van der Waals surface area contributed by atoms with Gasteiger partial charge in [-0.05, 0) is 29.7 Å². The molecule has 0 aliphatic rings. The second-order valence-corrected chi connectivity index (χ2v) is 6.78. The average Bonchev–Trinajstić information content (AvgIpc) is 2.61. The van der Waals surface area contributed by atoms with Gasteiger partial charge in [-0.2, -0.15) is 0 Å². The van der Waals surface area contributed by atoms with Crippen molar-refractivity contribution in [1.29, 1.82) is 0 Å². The number of rotatable bonds is 6. The normalized spacial score (nSPS) is 10.8. The highest BCUT2D eigenvalue weighted by molar-refractivity contribution is 7.99. The Balaban J connectivity index is 1.64. The van der Waals surface area contributed by atoms with E-state index in [1.807, 2.05) is 43.3 Å². The monoisotopic (exact) mass is 352 g/mol. The van der Waals surface area contributed by atoms with Crippen molar-refractivity contribution in [2.24, 2.45) is 0 Å². The first-order valence-electron chi connectivity index (χ1n) is 8.23. The third-order valence-corrected chi connectivity index (χ3v) is 4.94. The summed E-state index contributed by atoms with van der Waals surface area (Å²) in [6.45, 7) is 2.02. The maximum atomic E-state index is 12.1. The lowest BCUT2D eigenvalue weighted by Gasteiger charge is -2.08. The summed E-state index contributed by atoms with van der Waals surface area (Å²) in [5.74, 6) is 1.15. The Morgan fingerprint density at radius 2 is 1.92 bits per heavy atom. The second kappa shape index (κ2) is 8.03. The van der Waals surface area contributed by atoms with Crippen molar-refractivity contribution in [2.75, 3.05) is 11.1 Å². The third-order valence-electron chi connectivity index (χ3n) is 3.94. The lowest BCUT2D eigenvalue weighted by molar-refractivity contribution is -0.113. The predicted octanol–water partition coefficient (Wildman–Crippen LogP) is 3.96. The van der Waals surface area contributed by atoms with E-state index in [1.165, 1.54) is 5.56 Å². The molecule has 25 heavy (non-hydrogen) atoms. The summed E-state index contributed by atoms with van der Waals surface area (Å²) >= 11 is 1.58. The number of thioether (sulfide) groups is 1. The molecule has 1 heterocycles. The largest absolute Gasteiger partial charge is 0.325 e. The zero-order valence-electron chi connectivity index (χ0n) is 14.0. The van der Waals surface area contributed by atoms with Crippen molar-refractivity contribution < 1.29 is 4.79 Å². The van der Waals surface area contributed by atoms with Gasteiger partial charge in [-0.3, -0.25) is 9.59 Å². The summed E-state index contributed by atoms with van der Waals surface area (Å²) in [5.41, 5.74) is 3.54. The summed E-state index contributed by atoms with van der Waals surface area (Å²) in [5, 5.41) is 3.91. The molecule has 0 saturated carbocycles. The van der Waals surface area contributed by atoms with E-state index in [0.717, 1.165) is 28.6 Å². The maximum absolute atomic E-state index is 12.1. The predicted molar refractivity (Wildman–Crippen MR) is 105 cm³/mol. The fourth-order valence-electron chi connectivity index (χ4n) is 2.74. The molecule has 2 N–H and O–H groups in total. The van der Waals surface area contributed by atoms with E-state index in [1.54, 1.807) is 17.8 Å². The van der Waals surface area contributed by atoms with Gasteiger partial charge in [0.05, 0.1) is 11.3 Å². The number of amides is 1. The number of carbonyl (C=O) groups is 1. The number of aromatic nitrogens is 1. The highest BCUT2D eigenvalue weighted by Crippen LogP contribution is 2.20. The number of aryl methyl sites for hydroxylation is 1. The van der Waals surface area contributed by atoms with E-state index in [2.05, 4.69) is 22.4 Å². The van der Waals surface area contributed by atoms with Crippen LogP contribution < -0.4 is 10.9 Å². The van der Waals surface area contributed by atoms with Crippen LogP contribution in [-0.4, -0.2) is 16.6 Å². The molecule has 128 valence electrons. The summed E-state index contributed by atoms with van der Waals surface area (Å²) < 4.78 is 0. The number of pyridine rings is 1. The molecule has 0 atom stereocenters. The van der Waals surface area contributed by atoms with Gasteiger partial charge in [-0.25, -0.2) is 0 Å². The van der Waals surface area contributed by atoms with Crippen molar-refractivity contribution in [3.05, 3.63) is 76.1 Å². The van der Waals surface area contributed by atoms with Crippen LogP contribution in [0, 0.1) is 0 Å². The lowest BCUT2D eigenvalue weighted by Crippen LogP contribution is -2.14. The minimum atomic E-state index is -0.119. The molecule has 2 aromatic carbocycles. The van der Waals surface area contributed by atoms with Crippen molar-refractivity contribution in [3.8, 4) is 0 Å². The maximum Gasteiger partial charge on any atom is 0.248 e. The summed E-state index contributed by atoms with van der Waals surface area (Å²) in [6, 6.07) is 17.3. The van der Waals surface area contributed by atoms with E-state index in [4.69, 9.17) is 0 Å². The van der Waals surface area contributed by atoms with Crippen LogP contribution in [0.4, 0.5) is 5.69 Å². The van der Waals surface area contributed by atoms with Crippen molar-refractivity contribution >= 4 is 34.3 Å². The van der Waals surface area contributed by atoms with Gasteiger partial charge in [-0.1, -0.05) is 43.3 Å². The van der Waals surface area contributed by atoms with Crippen molar-refractivity contribution in [2.45, 2.75) is 19.1 Å². The smallest absolute Gasteiger partial charge is 0.248 e. The number of hydrogen-bond donors (Lipinski definition) is 2. The molecule has 0 bridgehead atoms. The number of anilines is 1. The second-order valence-electron chi connectivity index (χ2n) is 5.80. The van der Waals surface area contributed by atoms with Gasteiger partial charge >= 0.3 is 0 Å². The number of hydrogen-bond acceptors (Lipinski definition) is 3. The molecule has 3 rings (SSSR count). The zero-order chi connectivity index (χ0) is 17.6. The first kappa shape index (κ1) is 17.3. The summed E-state index contributed by atoms with van der Waals surface area (Å²) in [6.07, 6.45) is 0.794. The number of nitrogens with one attached hydrogen (secondary N) is 2. The van der Waals surface area contributed by atoms with Gasteiger partial charge < -0.3 is 10.3 Å². The Kier molecular flexibility index (Phi) is 5.56. The third kappa shape index (κ3) is 4.51. The Labute approximate surface area is 150 Å². The first-order valence-corrected chi connectivity index (χ1v) is 9.38. The zero-order valence-corrected chi connectivity index (χ0v) is 14.9. The molecule has 0 unspecified atom stereocenters. The molecule has 0 saturated heterocycles. The fourth-order valence-corrected chi connectivity index (χ4v) is 3.52. The molecule has 0 fully saturated rings. The molecule has 0 aliphatic carbocycles. The lowest BCUT2D eigenvalue weighted by atomic mass is 10.1. The quantitative estimate of drug-likeness (QED) is 0.706. The number of aromatic amines is 1. The first-order chi connectivity index (χ1) is 12.2. The number of H-pyrrole nitrogens is 1. The van der Waals surface area contributed by atoms with Gasteiger partial charge in [-0.15, -0.1) is 11.8 Å². The van der Waals surface area contributed by atoms with Crippen LogP contribution in [0.1, 0.15) is 18.1 Å². The van der Waals surface area contributed by atoms with Gasteiger partial charge in [0, 0.05) is 22.9 Å². The average molecular weight is 352 g/mol. The van der Waals surface area contributed by atoms with Crippen LogP contribution in [0.15, 0.2) is 59.4 Å². The molecule has 1 aromatic heterocycles. The van der Waals surface area contributed by atoms with E-state index in [0.29, 0.717) is 11.4 Å². The van der Waals surface area contributed by atoms with Crippen LogP contribution in [0.2, 0.25) is 0 Å². The van der Waals surface area contributed by atoms with Crippen molar-refractivity contribution in [3.63, 3.8) is 0 Å². The summed E-state index contributed by atoms with van der Waals surface area (Å²) in [7, 11) is 0. The molecular formula is C20H20N2O2S. The Bertz CT molecular complexity index is 935. The SMILES string of the molecule is CCc1cc(=O)[nH]c2cc(NC(=O)CSCc3ccccc3)ccc12. The van der Waals surface area contributed by atoms with Crippen LogP contribution >= 0.6 is 11.8 Å². The highest BCUT2D eigenvalue weighted by atomic mass is 32.2. The molecule has 0 aliphatic heterocycles. The van der Waals surface area contributed by atoms with Gasteiger partial charge in [0.2, 0.25) is 11.5 Å². The van der Waals surface area contributed by atoms with E-state index in [9.17, 15) is 9.59 Å². The summed E-state index contributed by atoms with van der Waals surface area (Å²) in [4.78, 5) is 26.7. The van der Waals surface area contributed by atoms with E-state index >= 15 is 0 Å². The van der Waals surface area contributed by atoms with Crippen LogP contribution in [0.5, 0.6) is 0 Å². The molecule has 3 aromatic rings. The minimum Gasteiger partial charge on any atom is -0.325 e. The number of carbonyl (C=O) groups excluding carboxylic acids is 1. The number of benzene rings is 2. The topological polar surface area (TPSA) is 62.0 Å². The molecular weight excluding hydrogens is 332 g/mol. The van der Waals surface area contributed by atoms with Gasteiger partial charge in [0.1, 0.15) is 0 Å². The molecule has 1 amide bonds. The Hall–Kier alpha value is -2.53. The van der Waals surface area contributed by atoms with E-state index < -0.39 is 0 Å². The van der Waals surface area contributed by atoms with Crippen molar-refractivity contribution in [1.82, 2.24) is 4.98 Å². The van der Waals surface area contributed by atoms with Crippen LogP contribution in [0.25, 0.3) is 10.9 Å². The Morgan fingerprint density at radius 1 is 1.12 bits per heavy atom. The highest BCUT2D eigenvalue weighted by Gasteiger charge is 2.06. The molecule has 4 nitrogen and oxygen atoms in total. The van der Waals surface area contributed by atoms with Crippen LogP contribution in [-0.2, 0) is 17.0 Å².